The molecule has 1 aromatic heterocycles. The highest BCUT2D eigenvalue weighted by molar-refractivity contribution is 5.82. The Labute approximate surface area is 141 Å². The largest absolute Gasteiger partial charge is 0.371 e. The van der Waals surface area contributed by atoms with E-state index in [1.165, 1.54) is 0 Å². The zero-order valence-electron chi connectivity index (χ0n) is 14.1. The number of rotatable bonds is 4. The van der Waals surface area contributed by atoms with Crippen LogP contribution in [0.5, 0.6) is 0 Å². The first-order valence-corrected chi connectivity index (χ1v) is 8.90. The molecule has 2 amide bonds. The maximum absolute atomic E-state index is 12.9. The molecule has 7 nitrogen and oxygen atoms in total. The predicted octanol–water partition coefficient (Wildman–Crippen LogP) is 0.814. The van der Waals surface area contributed by atoms with E-state index in [0.717, 1.165) is 31.6 Å². The lowest BCUT2D eigenvalue weighted by atomic mass is 9.94. The van der Waals surface area contributed by atoms with Gasteiger partial charge in [0.1, 0.15) is 6.10 Å². The molecule has 0 unspecified atom stereocenters. The molecule has 0 N–H and O–H groups in total. The minimum atomic E-state index is -0.201. The lowest BCUT2D eigenvalue weighted by Gasteiger charge is -2.45. The molecular weight excluding hydrogens is 308 g/mol. The van der Waals surface area contributed by atoms with Crippen molar-refractivity contribution in [2.45, 2.75) is 44.9 Å². The maximum atomic E-state index is 12.9. The number of ether oxygens (including phenoxy) is 1. The lowest BCUT2D eigenvalue weighted by molar-refractivity contribution is -0.149. The first-order valence-electron chi connectivity index (χ1n) is 8.90. The zero-order chi connectivity index (χ0) is 16.7. The van der Waals surface area contributed by atoms with Crippen molar-refractivity contribution in [2.75, 3.05) is 26.2 Å². The molecule has 3 aliphatic heterocycles. The van der Waals surface area contributed by atoms with Gasteiger partial charge in [-0.05, 0) is 25.8 Å². The Morgan fingerprint density at radius 3 is 2.96 bits per heavy atom. The first kappa shape index (κ1) is 15.6. The fourth-order valence-electron chi connectivity index (χ4n) is 4.10. The molecule has 0 radical (unpaired) electrons. The highest BCUT2D eigenvalue weighted by atomic mass is 16.5. The van der Waals surface area contributed by atoms with Gasteiger partial charge in [-0.1, -0.05) is 0 Å². The van der Waals surface area contributed by atoms with Crippen molar-refractivity contribution in [2.24, 2.45) is 5.92 Å². The summed E-state index contributed by atoms with van der Waals surface area (Å²) in [5.41, 5.74) is 0.986. The molecule has 2 atom stereocenters. The Hall–Kier alpha value is -1.89. The van der Waals surface area contributed by atoms with E-state index in [2.05, 4.69) is 5.10 Å². The number of aromatic nitrogens is 2. The molecule has 3 saturated heterocycles. The summed E-state index contributed by atoms with van der Waals surface area (Å²) in [5, 5.41) is 4.29. The molecule has 0 aliphatic carbocycles. The highest BCUT2D eigenvalue weighted by Gasteiger charge is 2.44. The summed E-state index contributed by atoms with van der Waals surface area (Å²) < 4.78 is 7.76. The van der Waals surface area contributed by atoms with Gasteiger partial charge in [0.25, 0.3) is 0 Å². The second-order valence-corrected chi connectivity index (χ2v) is 6.85. The zero-order valence-corrected chi connectivity index (χ0v) is 14.1. The summed E-state index contributed by atoms with van der Waals surface area (Å²) >= 11 is 0. The van der Waals surface area contributed by atoms with Crippen LogP contribution in [0.15, 0.2) is 12.3 Å². The number of hydrogen-bond donors (Lipinski definition) is 0. The Morgan fingerprint density at radius 1 is 1.42 bits per heavy atom. The summed E-state index contributed by atoms with van der Waals surface area (Å²) in [4.78, 5) is 28.5. The van der Waals surface area contributed by atoms with E-state index >= 15 is 0 Å². The fourth-order valence-corrected chi connectivity index (χ4v) is 4.10. The summed E-state index contributed by atoms with van der Waals surface area (Å²) in [6.07, 6.45) is 3.92. The van der Waals surface area contributed by atoms with E-state index in [0.29, 0.717) is 26.1 Å². The monoisotopic (exact) mass is 332 g/mol. The van der Waals surface area contributed by atoms with Gasteiger partial charge in [0.2, 0.25) is 11.8 Å². The number of nitrogens with zero attached hydrogens (tertiary/aromatic N) is 4. The van der Waals surface area contributed by atoms with E-state index in [4.69, 9.17) is 4.74 Å². The summed E-state index contributed by atoms with van der Waals surface area (Å²) in [7, 11) is 0. The van der Waals surface area contributed by atoms with Crippen molar-refractivity contribution < 1.29 is 14.3 Å². The van der Waals surface area contributed by atoms with Crippen LogP contribution in [0.2, 0.25) is 0 Å². The number of amides is 2. The van der Waals surface area contributed by atoms with Crippen molar-refractivity contribution in [3.63, 3.8) is 0 Å². The van der Waals surface area contributed by atoms with Gasteiger partial charge < -0.3 is 14.5 Å². The molecule has 0 saturated carbocycles. The van der Waals surface area contributed by atoms with Crippen LogP contribution in [0.3, 0.4) is 0 Å². The minimum absolute atomic E-state index is 0.137. The molecule has 24 heavy (non-hydrogen) atoms. The van der Waals surface area contributed by atoms with Crippen LogP contribution in [0.1, 0.15) is 38.0 Å². The van der Waals surface area contributed by atoms with E-state index in [1.807, 2.05) is 27.5 Å². The molecule has 3 fully saturated rings. The van der Waals surface area contributed by atoms with E-state index in [-0.39, 0.29) is 29.9 Å². The van der Waals surface area contributed by atoms with Gasteiger partial charge in [0, 0.05) is 45.4 Å². The Kier molecular flexibility index (Phi) is 4.04. The third-order valence-electron chi connectivity index (χ3n) is 5.47. The van der Waals surface area contributed by atoms with Crippen LogP contribution in [-0.4, -0.2) is 63.7 Å². The van der Waals surface area contributed by atoms with Gasteiger partial charge in [-0.15, -0.1) is 0 Å². The number of aryl methyl sites for hydroxylation is 1. The summed E-state index contributed by atoms with van der Waals surface area (Å²) in [6, 6.07) is 2.16. The van der Waals surface area contributed by atoms with Crippen molar-refractivity contribution >= 4 is 11.8 Å². The van der Waals surface area contributed by atoms with Crippen LogP contribution in [0, 0.1) is 5.92 Å². The molecular formula is C17H24N4O3. The van der Waals surface area contributed by atoms with Crippen LogP contribution in [0.4, 0.5) is 0 Å². The van der Waals surface area contributed by atoms with Gasteiger partial charge in [-0.3, -0.25) is 14.3 Å². The van der Waals surface area contributed by atoms with E-state index < -0.39 is 0 Å². The average Bonchev–Trinajstić information content (AvgIpc) is 3.24. The van der Waals surface area contributed by atoms with Gasteiger partial charge in [-0.2, -0.15) is 5.10 Å². The standard InChI is InChI=1S/C17H24N4O3/c1-2-21-14(5-7-18-21)16-13(6-9-24-16)17(23)19-10-12(11-19)20-8-3-4-15(20)22/h5,7,12-13,16H,2-4,6,8-11H2,1H3/t13-,16-/m1/s1. The second kappa shape index (κ2) is 6.20. The molecule has 7 heteroatoms. The predicted molar refractivity (Wildman–Crippen MR) is 86.0 cm³/mol. The molecule has 1 aromatic rings. The van der Waals surface area contributed by atoms with Crippen LogP contribution in [-0.2, 0) is 20.9 Å². The van der Waals surface area contributed by atoms with Crippen LogP contribution in [0.25, 0.3) is 0 Å². The van der Waals surface area contributed by atoms with Gasteiger partial charge in [0.15, 0.2) is 0 Å². The Morgan fingerprint density at radius 2 is 2.25 bits per heavy atom. The highest BCUT2D eigenvalue weighted by Crippen LogP contribution is 2.37. The van der Waals surface area contributed by atoms with E-state index in [9.17, 15) is 9.59 Å². The smallest absolute Gasteiger partial charge is 0.228 e. The summed E-state index contributed by atoms with van der Waals surface area (Å²) in [6.45, 7) is 5.59. The third kappa shape index (κ3) is 2.51. The second-order valence-electron chi connectivity index (χ2n) is 6.85. The van der Waals surface area contributed by atoms with Gasteiger partial charge >= 0.3 is 0 Å². The molecule has 0 spiro atoms. The number of carbonyl (C=O) groups is 2. The van der Waals surface area contributed by atoms with E-state index in [1.54, 1.807) is 6.20 Å². The van der Waals surface area contributed by atoms with Crippen LogP contribution >= 0.6 is 0 Å². The molecule has 3 aliphatic rings. The third-order valence-corrected chi connectivity index (χ3v) is 5.47. The number of hydrogen-bond acceptors (Lipinski definition) is 4. The first-order chi connectivity index (χ1) is 11.7. The van der Waals surface area contributed by atoms with Crippen molar-refractivity contribution in [3.05, 3.63) is 18.0 Å². The normalized spacial score (nSPS) is 27.8. The maximum Gasteiger partial charge on any atom is 0.228 e. The topological polar surface area (TPSA) is 67.7 Å². The van der Waals surface area contributed by atoms with Crippen LogP contribution < -0.4 is 0 Å². The van der Waals surface area contributed by atoms with Gasteiger partial charge in [0.05, 0.1) is 17.7 Å². The molecule has 0 bridgehead atoms. The quantitative estimate of drug-likeness (QED) is 0.818. The van der Waals surface area contributed by atoms with Crippen molar-refractivity contribution in [1.29, 1.82) is 0 Å². The Bertz CT molecular complexity index is 638. The average molecular weight is 332 g/mol. The van der Waals surface area contributed by atoms with Crippen molar-refractivity contribution in [1.82, 2.24) is 19.6 Å². The SMILES string of the molecule is CCn1nccc1[C@@H]1OCC[C@H]1C(=O)N1CC(N2CCCC2=O)C1. The number of carbonyl (C=O) groups excluding carboxylic acids is 2. The molecule has 0 aromatic carbocycles. The Balaban J connectivity index is 1.40. The molecule has 4 heterocycles. The van der Waals surface area contributed by atoms with Crippen molar-refractivity contribution in [3.8, 4) is 0 Å². The van der Waals surface area contributed by atoms with Gasteiger partial charge in [-0.25, -0.2) is 0 Å². The summed E-state index contributed by atoms with van der Waals surface area (Å²) in [5.74, 6) is 0.257. The molecule has 4 rings (SSSR count). The minimum Gasteiger partial charge on any atom is -0.371 e. The fraction of sp³-hybridized carbons (Fsp3) is 0.706. The molecule has 130 valence electrons. The lowest BCUT2D eigenvalue weighted by Crippen LogP contribution is -2.62. The number of likely N-dealkylation sites (tertiary alicyclic amines) is 2.